The molecule has 0 saturated heterocycles. The minimum absolute atomic E-state index is 0.345. The number of hydrogen-bond acceptors (Lipinski definition) is 2. The minimum atomic E-state index is -0.653. The van der Waals surface area contributed by atoms with Crippen molar-refractivity contribution in [3.63, 3.8) is 0 Å². The lowest BCUT2D eigenvalue weighted by atomic mass is 10.0. The monoisotopic (exact) mass is 498 g/mol. The van der Waals surface area contributed by atoms with Gasteiger partial charge in [0.1, 0.15) is 0 Å². The highest BCUT2D eigenvalue weighted by molar-refractivity contribution is 5.66. The second-order valence-corrected chi connectivity index (χ2v) is 11.1. The molecule has 0 saturated carbocycles. The van der Waals surface area contributed by atoms with Crippen LogP contribution in [-0.4, -0.2) is 35.6 Å². The van der Waals surface area contributed by atoms with Gasteiger partial charge in [0, 0.05) is 12.5 Å². The van der Waals surface area contributed by atoms with E-state index in [2.05, 4.69) is 39.6 Å². The van der Waals surface area contributed by atoms with Crippen LogP contribution in [0, 0.1) is 0 Å². The van der Waals surface area contributed by atoms with Gasteiger partial charge in [0.2, 0.25) is 0 Å². The first kappa shape index (κ1) is 36.6. The molecule has 212 valence electrons. The number of carboxylic acid groups (broad SMARTS) is 1. The number of aliphatic carboxylic acids is 1. The molecule has 0 aliphatic carbocycles. The molecule has 0 aliphatic heterocycles. The van der Waals surface area contributed by atoms with Crippen molar-refractivity contribution in [1.82, 2.24) is 4.90 Å². The van der Waals surface area contributed by atoms with Crippen molar-refractivity contribution < 1.29 is 9.90 Å². The van der Waals surface area contributed by atoms with E-state index >= 15 is 0 Å². The molecule has 0 unspecified atom stereocenters. The Balaban J connectivity index is 0. The molecule has 35 heavy (non-hydrogen) atoms. The molecular formula is C32H67NO2. The highest BCUT2D eigenvalue weighted by atomic mass is 16.4. The maximum atomic E-state index is 10.3. The van der Waals surface area contributed by atoms with E-state index in [1.165, 1.54) is 141 Å². The molecule has 0 atom stereocenters. The largest absolute Gasteiger partial charge is 0.481 e. The van der Waals surface area contributed by atoms with Crippen LogP contribution in [0.4, 0.5) is 0 Å². The Kier molecular flexibility index (Phi) is 32.9. The lowest BCUT2D eigenvalue weighted by molar-refractivity contribution is -0.137. The molecule has 0 radical (unpaired) electrons. The Bertz CT molecular complexity index is 397. The van der Waals surface area contributed by atoms with Crippen molar-refractivity contribution in [2.45, 2.75) is 188 Å². The van der Waals surface area contributed by atoms with Gasteiger partial charge in [-0.3, -0.25) is 4.79 Å². The van der Waals surface area contributed by atoms with E-state index in [4.69, 9.17) is 5.11 Å². The van der Waals surface area contributed by atoms with E-state index in [-0.39, 0.29) is 0 Å². The number of nitrogens with zero attached hydrogens (tertiary/aromatic N) is 1. The fourth-order valence-electron chi connectivity index (χ4n) is 4.40. The summed E-state index contributed by atoms with van der Waals surface area (Å²) in [7, 11) is 2.23. The summed E-state index contributed by atoms with van der Waals surface area (Å²) in [5.41, 5.74) is 0. The van der Waals surface area contributed by atoms with Crippen molar-refractivity contribution in [1.29, 1.82) is 0 Å². The predicted molar refractivity (Wildman–Crippen MR) is 158 cm³/mol. The Morgan fingerprint density at radius 1 is 0.543 bits per heavy atom. The van der Waals surface area contributed by atoms with Gasteiger partial charge >= 0.3 is 5.97 Å². The third-order valence-corrected chi connectivity index (χ3v) is 7.24. The van der Waals surface area contributed by atoms with Crippen LogP contribution in [0.15, 0.2) is 0 Å². The van der Waals surface area contributed by atoms with Crippen LogP contribution in [0.2, 0.25) is 0 Å². The summed E-state index contributed by atoms with van der Waals surface area (Å²) in [6.07, 6.45) is 31.6. The van der Waals surface area contributed by atoms with Crippen LogP contribution in [0.1, 0.15) is 182 Å². The molecule has 0 rings (SSSR count). The zero-order valence-corrected chi connectivity index (χ0v) is 25.1. The second-order valence-electron chi connectivity index (χ2n) is 11.1. The molecule has 3 heteroatoms. The van der Waals surface area contributed by atoms with Gasteiger partial charge in [-0.05, 0) is 40.3 Å². The highest BCUT2D eigenvalue weighted by Gasteiger charge is 2.01. The third-order valence-electron chi connectivity index (χ3n) is 7.24. The Labute approximate surface area is 222 Å². The third kappa shape index (κ3) is 35.7. The number of hydrogen-bond donors (Lipinski definition) is 1. The van der Waals surface area contributed by atoms with Gasteiger partial charge in [0.15, 0.2) is 0 Å². The summed E-state index contributed by atoms with van der Waals surface area (Å²) < 4.78 is 0. The van der Waals surface area contributed by atoms with Gasteiger partial charge in [0.05, 0.1) is 0 Å². The molecule has 0 aromatic rings. The Morgan fingerprint density at radius 3 is 1.11 bits per heavy atom. The van der Waals surface area contributed by atoms with Gasteiger partial charge in [-0.1, -0.05) is 149 Å². The lowest BCUT2D eigenvalue weighted by Crippen LogP contribution is -2.27. The van der Waals surface area contributed by atoms with E-state index in [9.17, 15) is 4.79 Å². The Morgan fingerprint density at radius 2 is 0.829 bits per heavy atom. The normalized spacial score (nSPS) is 11.2. The summed E-state index contributed by atoms with van der Waals surface area (Å²) in [6, 6.07) is 0.703. The molecule has 0 aromatic heterocycles. The molecule has 0 fully saturated rings. The van der Waals surface area contributed by atoms with Crippen LogP contribution in [-0.2, 0) is 4.79 Å². The van der Waals surface area contributed by atoms with Gasteiger partial charge in [0.25, 0.3) is 0 Å². The molecule has 0 bridgehead atoms. The van der Waals surface area contributed by atoms with Crippen molar-refractivity contribution >= 4 is 5.97 Å². The second kappa shape index (κ2) is 31.5. The van der Waals surface area contributed by atoms with E-state index in [0.717, 1.165) is 12.8 Å². The highest BCUT2D eigenvalue weighted by Crippen LogP contribution is 2.13. The zero-order valence-electron chi connectivity index (χ0n) is 25.1. The number of rotatable bonds is 26. The standard InChI is InChI=1S/C18H36O2.C14H31N/c1-2-3-4-5-6-7-8-9-10-11-12-13-14-15-16-17-18(19)20;1-5-6-7-8-9-10-11-12-13-15(4)14(2)3/h2-17H2,1H3,(H,19,20);14H,5-13H2,1-4H3. The number of carbonyl (C=O) groups is 1. The molecule has 0 spiro atoms. The van der Waals surface area contributed by atoms with Crippen molar-refractivity contribution in [3.05, 3.63) is 0 Å². The lowest BCUT2D eigenvalue weighted by Gasteiger charge is -2.20. The van der Waals surface area contributed by atoms with E-state index in [1.807, 2.05) is 0 Å². The van der Waals surface area contributed by atoms with Gasteiger partial charge in [-0.15, -0.1) is 0 Å². The van der Waals surface area contributed by atoms with E-state index in [0.29, 0.717) is 12.5 Å². The topological polar surface area (TPSA) is 40.5 Å². The molecular weight excluding hydrogens is 430 g/mol. The zero-order chi connectivity index (χ0) is 26.4. The number of carboxylic acids is 1. The van der Waals surface area contributed by atoms with Gasteiger partial charge in [-0.2, -0.15) is 0 Å². The molecule has 1 N–H and O–H groups in total. The minimum Gasteiger partial charge on any atom is -0.481 e. The quantitative estimate of drug-likeness (QED) is 0.121. The first-order chi connectivity index (χ1) is 17.0. The van der Waals surface area contributed by atoms with Gasteiger partial charge < -0.3 is 10.0 Å². The summed E-state index contributed by atoms with van der Waals surface area (Å²) in [4.78, 5) is 12.8. The van der Waals surface area contributed by atoms with E-state index in [1.54, 1.807) is 0 Å². The molecule has 3 nitrogen and oxygen atoms in total. The average Bonchev–Trinajstić information content (AvgIpc) is 2.83. The smallest absolute Gasteiger partial charge is 0.303 e. The summed E-state index contributed by atoms with van der Waals surface area (Å²) in [5.74, 6) is -0.653. The summed E-state index contributed by atoms with van der Waals surface area (Å²) in [6.45, 7) is 10.4. The van der Waals surface area contributed by atoms with Crippen LogP contribution >= 0.6 is 0 Å². The van der Waals surface area contributed by atoms with Crippen molar-refractivity contribution in [2.24, 2.45) is 0 Å². The van der Waals surface area contributed by atoms with Crippen LogP contribution in [0.5, 0.6) is 0 Å². The van der Waals surface area contributed by atoms with Crippen molar-refractivity contribution in [3.8, 4) is 0 Å². The number of unbranched alkanes of at least 4 members (excludes halogenated alkanes) is 21. The summed E-state index contributed by atoms with van der Waals surface area (Å²) >= 11 is 0. The molecule has 0 amide bonds. The van der Waals surface area contributed by atoms with Crippen molar-refractivity contribution in [2.75, 3.05) is 13.6 Å². The molecule has 0 aliphatic rings. The first-order valence-electron chi connectivity index (χ1n) is 15.9. The van der Waals surface area contributed by atoms with E-state index < -0.39 is 5.97 Å². The Hall–Kier alpha value is -0.570. The predicted octanol–water partition coefficient (Wildman–Crippen LogP) is 10.8. The SMILES string of the molecule is CCCCCCCCCCCCCCCCCC(=O)O.CCCCCCCCCCN(C)C(C)C. The van der Waals surface area contributed by atoms with Crippen LogP contribution < -0.4 is 0 Å². The average molecular weight is 498 g/mol. The van der Waals surface area contributed by atoms with Crippen LogP contribution in [0.25, 0.3) is 0 Å². The fourth-order valence-corrected chi connectivity index (χ4v) is 4.40. The fraction of sp³-hybridized carbons (Fsp3) is 0.969. The first-order valence-corrected chi connectivity index (χ1v) is 15.9. The molecule has 0 aromatic carbocycles. The summed E-state index contributed by atoms with van der Waals surface area (Å²) in [5, 5.41) is 8.52. The van der Waals surface area contributed by atoms with Crippen LogP contribution in [0.3, 0.4) is 0 Å². The maximum absolute atomic E-state index is 10.3. The maximum Gasteiger partial charge on any atom is 0.303 e. The molecule has 0 heterocycles. The van der Waals surface area contributed by atoms with Gasteiger partial charge in [-0.25, -0.2) is 0 Å².